The molecular weight excluding hydrogens is 188 g/mol. The molecule has 0 spiro atoms. The third-order valence-electron chi connectivity index (χ3n) is 2.42. The Kier molecular flexibility index (Phi) is 2.85. The number of nitrogens with zero attached hydrogens (tertiary/aromatic N) is 3. The van der Waals surface area contributed by atoms with Gasteiger partial charge >= 0.3 is 0 Å². The van der Waals surface area contributed by atoms with Crippen molar-refractivity contribution in [2.45, 2.75) is 33.2 Å². The van der Waals surface area contributed by atoms with Crippen molar-refractivity contribution < 1.29 is 0 Å². The summed E-state index contributed by atoms with van der Waals surface area (Å²) in [6, 6.07) is 4.15. The summed E-state index contributed by atoms with van der Waals surface area (Å²) in [6.45, 7) is 5.04. The fraction of sp³-hybridized carbons (Fsp3) is 0.455. The standard InChI is InChI=1S/C11H16N4/c1-3-15-7-6-10(14-15)4-5-11-8-9(2)12-13-11/h6-8H,3-5H2,1-2H3,(H,12,13). The lowest BCUT2D eigenvalue weighted by atomic mass is 10.2. The molecule has 0 atom stereocenters. The Labute approximate surface area is 89.3 Å². The van der Waals surface area contributed by atoms with Gasteiger partial charge in [0.15, 0.2) is 0 Å². The minimum atomic E-state index is 0.932. The molecule has 0 unspecified atom stereocenters. The SMILES string of the molecule is CCn1ccc(CCc2cc(C)[nH]n2)n1. The van der Waals surface area contributed by atoms with Crippen molar-refractivity contribution in [2.24, 2.45) is 0 Å². The molecule has 2 aromatic rings. The molecule has 4 heteroatoms. The van der Waals surface area contributed by atoms with Crippen LogP contribution in [0, 0.1) is 6.92 Å². The maximum Gasteiger partial charge on any atom is 0.0628 e. The summed E-state index contributed by atoms with van der Waals surface area (Å²) >= 11 is 0. The quantitative estimate of drug-likeness (QED) is 0.824. The fourth-order valence-electron chi connectivity index (χ4n) is 1.57. The Morgan fingerprint density at radius 3 is 2.73 bits per heavy atom. The van der Waals surface area contributed by atoms with Crippen LogP contribution in [0.4, 0.5) is 0 Å². The van der Waals surface area contributed by atoms with Gasteiger partial charge in [-0.25, -0.2) is 0 Å². The Morgan fingerprint density at radius 2 is 2.13 bits per heavy atom. The lowest BCUT2D eigenvalue weighted by Crippen LogP contribution is -1.97. The summed E-state index contributed by atoms with van der Waals surface area (Å²) in [7, 11) is 0. The Morgan fingerprint density at radius 1 is 1.33 bits per heavy atom. The van der Waals surface area contributed by atoms with Crippen LogP contribution in [0.15, 0.2) is 18.3 Å². The topological polar surface area (TPSA) is 46.5 Å². The molecular formula is C11H16N4. The average molecular weight is 204 g/mol. The highest BCUT2D eigenvalue weighted by molar-refractivity contribution is 5.09. The molecule has 4 nitrogen and oxygen atoms in total. The smallest absolute Gasteiger partial charge is 0.0628 e. The molecule has 80 valence electrons. The van der Waals surface area contributed by atoms with E-state index in [1.54, 1.807) is 0 Å². The minimum Gasteiger partial charge on any atom is -0.283 e. The number of rotatable bonds is 4. The molecule has 0 aliphatic heterocycles. The molecule has 0 aromatic carbocycles. The van der Waals surface area contributed by atoms with Crippen LogP contribution < -0.4 is 0 Å². The molecule has 2 aromatic heterocycles. The second-order valence-corrected chi connectivity index (χ2v) is 3.71. The molecule has 0 fully saturated rings. The van der Waals surface area contributed by atoms with Crippen LogP contribution in [-0.2, 0) is 19.4 Å². The van der Waals surface area contributed by atoms with E-state index in [0.717, 1.165) is 36.5 Å². The van der Waals surface area contributed by atoms with Gasteiger partial charge in [0.2, 0.25) is 0 Å². The number of hydrogen-bond donors (Lipinski definition) is 1. The summed E-state index contributed by atoms with van der Waals surface area (Å²) in [5.74, 6) is 0. The van der Waals surface area contributed by atoms with Gasteiger partial charge < -0.3 is 0 Å². The largest absolute Gasteiger partial charge is 0.283 e. The van der Waals surface area contributed by atoms with E-state index in [9.17, 15) is 0 Å². The van der Waals surface area contributed by atoms with Crippen LogP contribution in [0.5, 0.6) is 0 Å². The average Bonchev–Trinajstić information content (AvgIpc) is 2.83. The van der Waals surface area contributed by atoms with E-state index >= 15 is 0 Å². The Bertz CT molecular complexity index is 427. The molecule has 2 rings (SSSR count). The highest BCUT2D eigenvalue weighted by Gasteiger charge is 2.01. The van der Waals surface area contributed by atoms with Crippen LogP contribution >= 0.6 is 0 Å². The van der Waals surface area contributed by atoms with Gasteiger partial charge in [-0.05, 0) is 38.8 Å². The third-order valence-corrected chi connectivity index (χ3v) is 2.42. The van der Waals surface area contributed by atoms with Crippen molar-refractivity contribution in [2.75, 3.05) is 0 Å². The second-order valence-electron chi connectivity index (χ2n) is 3.71. The molecule has 0 radical (unpaired) electrons. The number of aromatic amines is 1. The predicted molar refractivity (Wildman–Crippen MR) is 58.6 cm³/mol. The van der Waals surface area contributed by atoms with E-state index in [2.05, 4.69) is 34.4 Å². The number of hydrogen-bond acceptors (Lipinski definition) is 2. The number of nitrogens with one attached hydrogen (secondary N) is 1. The summed E-state index contributed by atoms with van der Waals surface area (Å²) in [5, 5.41) is 11.6. The first-order valence-electron chi connectivity index (χ1n) is 5.31. The molecule has 0 aliphatic rings. The second kappa shape index (κ2) is 4.29. The molecule has 15 heavy (non-hydrogen) atoms. The number of aryl methyl sites for hydroxylation is 4. The minimum absolute atomic E-state index is 0.932. The van der Waals surface area contributed by atoms with Gasteiger partial charge in [-0.2, -0.15) is 10.2 Å². The molecule has 1 N–H and O–H groups in total. The summed E-state index contributed by atoms with van der Waals surface area (Å²) in [5.41, 5.74) is 3.36. The van der Waals surface area contributed by atoms with Crippen LogP contribution in [-0.4, -0.2) is 20.0 Å². The van der Waals surface area contributed by atoms with Crippen LogP contribution in [0.25, 0.3) is 0 Å². The summed E-state index contributed by atoms with van der Waals surface area (Å²) in [4.78, 5) is 0. The van der Waals surface area contributed by atoms with Crippen LogP contribution in [0.1, 0.15) is 24.0 Å². The van der Waals surface area contributed by atoms with Gasteiger partial charge in [0.05, 0.1) is 11.4 Å². The first-order valence-corrected chi connectivity index (χ1v) is 5.31. The summed E-state index contributed by atoms with van der Waals surface area (Å²) < 4.78 is 1.95. The highest BCUT2D eigenvalue weighted by atomic mass is 15.3. The van der Waals surface area contributed by atoms with E-state index in [-0.39, 0.29) is 0 Å². The Balaban J connectivity index is 1.93. The van der Waals surface area contributed by atoms with Crippen molar-refractivity contribution in [1.82, 2.24) is 20.0 Å². The molecule has 0 bridgehead atoms. The van der Waals surface area contributed by atoms with Gasteiger partial charge in [0.25, 0.3) is 0 Å². The van der Waals surface area contributed by atoms with Gasteiger partial charge in [-0.3, -0.25) is 9.78 Å². The molecule has 0 saturated heterocycles. The molecule has 2 heterocycles. The van der Waals surface area contributed by atoms with Crippen LogP contribution in [0.3, 0.4) is 0 Å². The van der Waals surface area contributed by atoms with E-state index in [0.29, 0.717) is 0 Å². The van der Waals surface area contributed by atoms with Crippen LogP contribution in [0.2, 0.25) is 0 Å². The maximum absolute atomic E-state index is 4.43. The maximum atomic E-state index is 4.43. The summed E-state index contributed by atoms with van der Waals surface area (Å²) in [6.07, 6.45) is 3.92. The van der Waals surface area contributed by atoms with E-state index < -0.39 is 0 Å². The zero-order valence-corrected chi connectivity index (χ0v) is 9.20. The zero-order valence-electron chi connectivity index (χ0n) is 9.20. The monoisotopic (exact) mass is 204 g/mol. The van der Waals surface area contributed by atoms with Gasteiger partial charge in [0.1, 0.15) is 0 Å². The van der Waals surface area contributed by atoms with E-state index in [4.69, 9.17) is 0 Å². The predicted octanol–water partition coefficient (Wildman–Crippen LogP) is 1.72. The third kappa shape index (κ3) is 2.46. The number of H-pyrrole nitrogens is 1. The van der Waals surface area contributed by atoms with Crippen molar-refractivity contribution in [3.05, 3.63) is 35.4 Å². The first-order chi connectivity index (χ1) is 7.28. The number of aromatic nitrogens is 4. The first kappa shape index (κ1) is 9.96. The lowest BCUT2D eigenvalue weighted by Gasteiger charge is -1.94. The van der Waals surface area contributed by atoms with Gasteiger partial charge in [0, 0.05) is 18.4 Å². The van der Waals surface area contributed by atoms with Crippen molar-refractivity contribution in [3.8, 4) is 0 Å². The normalized spacial score (nSPS) is 10.8. The lowest BCUT2D eigenvalue weighted by molar-refractivity contribution is 0.644. The molecule has 0 aliphatic carbocycles. The van der Waals surface area contributed by atoms with Crippen molar-refractivity contribution >= 4 is 0 Å². The fourth-order valence-corrected chi connectivity index (χ4v) is 1.57. The van der Waals surface area contributed by atoms with Gasteiger partial charge in [-0.1, -0.05) is 0 Å². The van der Waals surface area contributed by atoms with Gasteiger partial charge in [-0.15, -0.1) is 0 Å². The molecule has 0 amide bonds. The molecule has 0 saturated carbocycles. The zero-order chi connectivity index (χ0) is 10.7. The van der Waals surface area contributed by atoms with Crippen molar-refractivity contribution in [1.29, 1.82) is 0 Å². The van der Waals surface area contributed by atoms with Crippen molar-refractivity contribution in [3.63, 3.8) is 0 Å². The Hall–Kier alpha value is -1.58. The van der Waals surface area contributed by atoms with E-state index in [1.165, 1.54) is 0 Å². The van der Waals surface area contributed by atoms with E-state index in [1.807, 2.05) is 17.8 Å². The highest BCUT2D eigenvalue weighted by Crippen LogP contribution is 2.04.